The zero-order valence-corrected chi connectivity index (χ0v) is 14.5. The molecule has 0 saturated carbocycles. The number of rotatable bonds is 5. The fourth-order valence-electron chi connectivity index (χ4n) is 3.20. The van der Waals surface area contributed by atoms with Crippen LogP contribution in [0.4, 0.5) is 14.9 Å². The first-order chi connectivity index (χ1) is 12.1. The molecular weight excluding hydrogens is 317 g/mol. The highest BCUT2D eigenvalue weighted by molar-refractivity contribution is 5.74. The first-order valence-electron chi connectivity index (χ1n) is 8.70. The largest absolute Gasteiger partial charge is 0.371 e. The maximum absolute atomic E-state index is 13.2. The van der Waals surface area contributed by atoms with Gasteiger partial charge in [0.1, 0.15) is 5.82 Å². The molecule has 1 aliphatic rings. The summed E-state index contributed by atoms with van der Waals surface area (Å²) in [5.74, 6) is -0.292. The van der Waals surface area contributed by atoms with Crippen LogP contribution < -0.4 is 10.2 Å². The Morgan fingerprint density at radius 3 is 2.68 bits per heavy atom. The van der Waals surface area contributed by atoms with Crippen molar-refractivity contribution in [1.29, 1.82) is 0 Å². The predicted molar refractivity (Wildman–Crippen MR) is 98.0 cm³/mol. The summed E-state index contributed by atoms with van der Waals surface area (Å²) in [4.78, 5) is 16.4. The van der Waals surface area contributed by atoms with Gasteiger partial charge in [0.25, 0.3) is 0 Å². The number of para-hydroxylation sites is 1. The molecule has 0 atom stereocenters. The van der Waals surface area contributed by atoms with Gasteiger partial charge in [0, 0.05) is 38.9 Å². The summed E-state index contributed by atoms with van der Waals surface area (Å²) in [7, 11) is 1.78. The topological polar surface area (TPSA) is 35.6 Å². The van der Waals surface area contributed by atoms with Crippen LogP contribution in [0.1, 0.15) is 24.0 Å². The van der Waals surface area contributed by atoms with Gasteiger partial charge >= 0.3 is 6.03 Å². The smallest absolute Gasteiger partial charge is 0.317 e. The molecule has 25 heavy (non-hydrogen) atoms. The van der Waals surface area contributed by atoms with Crippen molar-refractivity contribution in [2.24, 2.45) is 0 Å². The lowest BCUT2D eigenvalue weighted by Crippen LogP contribution is -2.36. The Bertz CT molecular complexity index is 728. The van der Waals surface area contributed by atoms with E-state index in [0.717, 1.165) is 24.2 Å². The highest BCUT2D eigenvalue weighted by Crippen LogP contribution is 2.25. The average Bonchev–Trinajstić information content (AvgIpc) is 3.14. The molecule has 1 heterocycles. The fraction of sp³-hybridized carbons (Fsp3) is 0.350. The summed E-state index contributed by atoms with van der Waals surface area (Å²) >= 11 is 0. The van der Waals surface area contributed by atoms with Crippen LogP contribution in [-0.2, 0) is 13.1 Å². The third kappa shape index (κ3) is 4.50. The van der Waals surface area contributed by atoms with Gasteiger partial charge in [0.2, 0.25) is 0 Å². The Balaban J connectivity index is 1.60. The van der Waals surface area contributed by atoms with Crippen molar-refractivity contribution in [2.45, 2.75) is 25.9 Å². The van der Waals surface area contributed by atoms with Crippen molar-refractivity contribution >= 4 is 11.7 Å². The molecule has 0 bridgehead atoms. The molecule has 4 nitrogen and oxygen atoms in total. The van der Waals surface area contributed by atoms with Crippen LogP contribution >= 0.6 is 0 Å². The standard InChI is InChI=1S/C20H24FN3O/c1-23(20(25)22-14-16-7-6-9-18(21)13-16)15-17-8-2-3-10-19(17)24-11-4-5-12-24/h2-3,6-10,13H,4-5,11-12,14-15H2,1H3,(H,22,25). The molecule has 1 aliphatic heterocycles. The number of nitrogens with one attached hydrogen (secondary N) is 1. The van der Waals surface area contributed by atoms with Gasteiger partial charge in [-0.2, -0.15) is 0 Å². The molecule has 0 spiro atoms. The molecule has 1 saturated heterocycles. The minimum absolute atomic E-state index is 0.166. The summed E-state index contributed by atoms with van der Waals surface area (Å²) in [5, 5.41) is 2.84. The Hall–Kier alpha value is -2.56. The van der Waals surface area contributed by atoms with Crippen LogP contribution in [0.2, 0.25) is 0 Å². The third-order valence-corrected chi connectivity index (χ3v) is 4.53. The first kappa shape index (κ1) is 17.3. The summed E-state index contributed by atoms with van der Waals surface area (Å²) in [6.07, 6.45) is 2.44. The van der Waals surface area contributed by atoms with Gasteiger partial charge in [-0.3, -0.25) is 0 Å². The molecule has 0 aromatic heterocycles. The van der Waals surface area contributed by atoms with E-state index in [1.807, 2.05) is 12.1 Å². The number of urea groups is 1. The van der Waals surface area contributed by atoms with Crippen molar-refractivity contribution in [2.75, 3.05) is 25.0 Å². The van der Waals surface area contributed by atoms with Crippen LogP contribution in [0.25, 0.3) is 0 Å². The number of amides is 2. The van der Waals surface area contributed by atoms with Gasteiger partial charge in [-0.05, 0) is 42.2 Å². The van der Waals surface area contributed by atoms with E-state index >= 15 is 0 Å². The minimum Gasteiger partial charge on any atom is -0.371 e. The molecule has 0 radical (unpaired) electrons. The normalized spacial score (nSPS) is 13.8. The quantitative estimate of drug-likeness (QED) is 0.899. The SMILES string of the molecule is CN(Cc1ccccc1N1CCCC1)C(=O)NCc1cccc(F)c1. The van der Waals surface area contributed by atoms with Gasteiger partial charge in [-0.25, -0.2) is 9.18 Å². The summed E-state index contributed by atoms with van der Waals surface area (Å²) in [6, 6.07) is 14.4. The van der Waals surface area contributed by atoms with Crippen molar-refractivity contribution in [3.05, 3.63) is 65.5 Å². The number of carbonyl (C=O) groups is 1. The van der Waals surface area contributed by atoms with Crippen LogP contribution in [0, 0.1) is 5.82 Å². The Morgan fingerprint density at radius 1 is 1.16 bits per heavy atom. The molecule has 3 rings (SSSR count). The third-order valence-electron chi connectivity index (χ3n) is 4.53. The number of nitrogens with zero attached hydrogens (tertiary/aromatic N) is 2. The molecular formula is C20H24FN3O. The van der Waals surface area contributed by atoms with E-state index in [2.05, 4.69) is 22.3 Å². The van der Waals surface area contributed by atoms with E-state index in [-0.39, 0.29) is 11.8 Å². The molecule has 5 heteroatoms. The van der Waals surface area contributed by atoms with E-state index in [0.29, 0.717) is 13.1 Å². The van der Waals surface area contributed by atoms with Gasteiger partial charge < -0.3 is 15.1 Å². The number of benzene rings is 2. The Morgan fingerprint density at radius 2 is 1.92 bits per heavy atom. The highest BCUT2D eigenvalue weighted by atomic mass is 19.1. The van der Waals surface area contributed by atoms with Crippen LogP contribution in [-0.4, -0.2) is 31.1 Å². The Labute approximate surface area is 148 Å². The maximum Gasteiger partial charge on any atom is 0.317 e. The monoisotopic (exact) mass is 341 g/mol. The average molecular weight is 341 g/mol. The van der Waals surface area contributed by atoms with Crippen LogP contribution in [0.15, 0.2) is 48.5 Å². The second-order valence-electron chi connectivity index (χ2n) is 6.47. The predicted octanol–water partition coefficient (Wildman–Crippen LogP) is 3.77. The molecule has 0 unspecified atom stereocenters. The summed E-state index contributed by atoms with van der Waals surface area (Å²) < 4.78 is 13.2. The molecule has 1 N–H and O–H groups in total. The minimum atomic E-state index is -0.292. The van der Waals surface area contributed by atoms with E-state index in [4.69, 9.17) is 0 Å². The zero-order chi connectivity index (χ0) is 17.6. The second kappa shape index (κ2) is 8.01. The molecule has 0 aliphatic carbocycles. The highest BCUT2D eigenvalue weighted by Gasteiger charge is 2.17. The van der Waals surface area contributed by atoms with Crippen molar-refractivity contribution < 1.29 is 9.18 Å². The van der Waals surface area contributed by atoms with Crippen molar-refractivity contribution in [3.8, 4) is 0 Å². The van der Waals surface area contributed by atoms with Gasteiger partial charge in [-0.15, -0.1) is 0 Å². The molecule has 1 fully saturated rings. The lowest BCUT2D eigenvalue weighted by molar-refractivity contribution is 0.206. The number of hydrogen-bond donors (Lipinski definition) is 1. The fourth-order valence-corrected chi connectivity index (χ4v) is 3.20. The zero-order valence-electron chi connectivity index (χ0n) is 14.5. The number of hydrogen-bond acceptors (Lipinski definition) is 2. The Kier molecular flexibility index (Phi) is 5.53. The molecule has 2 amide bonds. The number of carbonyl (C=O) groups excluding carboxylic acids is 1. The molecule has 2 aromatic carbocycles. The van der Waals surface area contributed by atoms with Crippen LogP contribution in [0.5, 0.6) is 0 Å². The second-order valence-corrected chi connectivity index (χ2v) is 6.47. The molecule has 2 aromatic rings. The lowest BCUT2D eigenvalue weighted by Gasteiger charge is -2.24. The van der Waals surface area contributed by atoms with Crippen molar-refractivity contribution in [1.82, 2.24) is 10.2 Å². The summed E-state index contributed by atoms with van der Waals surface area (Å²) in [6.45, 7) is 3.01. The van der Waals surface area contributed by atoms with E-state index in [1.165, 1.54) is 30.7 Å². The summed E-state index contributed by atoms with van der Waals surface area (Å²) in [5.41, 5.74) is 3.11. The number of anilines is 1. The van der Waals surface area contributed by atoms with Crippen LogP contribution in [0.3, 0.4) is 0 Å². The number of halogens is 1. The molecule has 132 valence electrons. The van der Waals surface area contributed by atoms with E-state index in [9.17, 15) is 9.18 Å². The van der Waals surface area contributed by atoms with E-state index < -0.39 is 0 Å². The van der Waals surface area contributed by atoms with Gasteiger partial charge in [0.15, 0.2) is 0 Å². The maximum atomic E-state index is 13.2. The van der Waals surface area contributed by atoms with Gasteiger partial charge in [0.05, 0.1) is 0 Å². The van der Waals surface area contributed by atoms with E-state index in [1.54, 1.807) is 24.1 Å². The first-order valence-corrected chi connectivity index (χ1v) is 8.70. The van der Waals surface area contributed by atoms with Gasteiger partial charge in [-0.1, -0.05) is 30.3 Å². The van der Waals surface area contributed by atoms with Crippen molar-refractivity contribution in [3.63, 3.8) is 0 Å². The lowest BCUT2D eigenvalue weighted by atomic mass is 10.1.